The van der Waals surface area contributed by atoms with Crippen molar-refractivity contribution >= 4 is 29.3 Å². The quantitative estimate of drug-likeness (QED) is 0.379. The fraction of sp³-hybridized carbons (Fsp3) is 0.844. The average molecular weight is 657 g/mol. The number of thioether (sulfide) groups is 1. The summed E-state index contributed by atoms with van der Waals surface area (Å²) in [7, 11) is 1.99. The minimum Gasteiger partial charge on any atom is -0.481 e. The number of likely N-dealkylation sites (N-methyl/N-ethyl adjacent to an activating group) is 1. The summed E-state index contributed by atoms with van der Waals surface area (Å²) < 4.78 is 35.1. The summed E-state index contributed by atoms with van der Waals surface area (Å²) in [6, 6.07) is 0.344. The highest BCUT2D eigenvalue weighted by Gasteiger charge is 2.52. The molecule has 3 heterocycles. The molecule has 44 heavy (non-hydrogen) atoms. The highest BCUT2D eigenvalue weighted by Crippen LogP contribution is 2.48. The second-order valence-electron chi connectivity index (χ2n) is 14.2. The number of rotatable bonds is 9. The molecule has 2 saturated heterocycles. The number of carboxylic acid groups (broad SMARTS) is 1. The number of fused-ring (bicyclic) bond motifs is 2. The van der Waals surface area contributed by atoms with Gasteiger partial charge in [0.2, 0.25) is 5.92 Å². The summed E-state index contributed by atoms with van der Waals surface area (Å²) in [6.45, 7) is 5.48. The SMILES string of the molecule is Cc1nc2c(c(=O)n1CCOC1CCC(Cl)CC1C1CC(C)NC3C(C(=O)O)CSC13)CC(N(C)CC1CC(F)(F)C1)CC2. The third-order valence-electron chi connectivity index (χ3n) is 11.1. The number of piperidine rings is 1. The molecule has 4 fully saturated rings. The Morgan fingerprint density at radius 2 is 2.02 bits per heavy atom. The lowest BCUT2D eigenvalue weighted by Gasteiger charge is -2.47. The summed E-state index contributed by atoms with van der Waals surface area (Å²) in [5.74, 6) is -1.70. The van der Waals surface area contributed by atoms with Gasteiger partial charge >= 0.3 is 5.97 Å². The highest BCUT2D eigenvalue weighted by atomic mass is 35.5. The number of ether oxygens (including phenoxy) is 1. The zero-order valence-corrected chi connectivity index (χ0v) is 27.6. The van der Waals surface area contributed by atoms with Crippen LogP contribution in [0.15, 0.2) is 4.79 Å². The minimum atomic E-state index is -2.52. The molecule has 8 nitrogen and oxygen atoms in total. The zero-order chi connectivity index (χ0) is 31.3. The molecule has 9 atom stereocenters. The Bertz CT molecular complexity index is 1280. The van der Waals surface area contributed by atoms with Crippen LogP contribution in [-0.2, 0) is 28.9 Å². The van der Waals surface area contributed by atoms with E-state index in [1.165, 1.54) is 0 Å². The summed E-state index contributed by atoms with van der Waals surface area (Å²) in [5, 5.41) is 13.7. The van der Waals surface area contributed by atoms with Gasteiger partial charge in [0, 0.05) is 59.5 Å². The van der Waals surface area contributed by atoms with E-state index >= 15 is 0 Å². The van der Waals surface area contributed by atoms with Gasteiger partial charge in [-0.3, -0.25) is 14.2 Å². The number of aromatic nitrogens is 2. The van der Waals surface area contributed by atoms with Gasteiger partial charge in [-0.15, -0.1) is 11.6 Å². The number of hydrogen-bond donors (Lipinski definition) is 2. The summed E-state index contributed by atoms with van der Waals surface area (Å²) >= 11 is 8.50. The number of nitrogens with one attached hydrogen (secondary N) is 1. The smallest absolute Gasteiger partial charge is 0.308 e. The summed E-state index contributed by atoms with van der Waals surface area (Å²) in [6.07, 6.45) is 5.70. The third kappa shape index (κ3) is 6.73. The van der Waals surface area contributed by atoms with Crippen LogP contribution in [0, 0.1) is 30.6 Å². The first kappa shape index (κ1) is 32.7. The molecule has 3 aliphatic carbocycles. The number of alkyl halides is 3. The van der Waals surface area contributed by atoms with Gasteiger partial charge < -0.3 is 20.1 Å². The molecule has 2 saturated carbocycles. The molecular weight excluding hydrogens is 610 g/mol. The Hall–Kier alpha value is -1.27. The first-order valence-corrected chi connectivity index (χ1v) is 17.9. The Morgan fingerprint density at radius 1 is 1.25 bits per heavy atom. The van der Waals surface area contributed by atoms with Gasteiger partial charge in [0.05, 0.1) is 30.9 Å². The molecule has 2 N–H and O–H groups in total. The van der Waals surface area contributed by atoms with Crippen LogP contribution >= 0.6 is 23.4 Å². The molecule has 246 valence electrons. The fourth-order valence-electron chi connectivity index (χ4n) is 8.83. The predicted octanol–water partition coefficient (Wildman–Crippen LogP) is 4.36. The van der Waals surface area contributed by atoms with Gasteiger partial charge in [0.1, 0.15) is 5.82 Å². The van der Waals surface area contributed by atoms with Crippen LogP contribution in [0.1, 0.15) is 69.0 Å². The Balaban J connectivity index is 1.11. The van der Waals surface area contributed by atoms with Crippen LogP contribution in [-0.4, -0.2) is 92.3 Å². The maximum atomic E-state index is 13.7. The van der Waals surface area contributed by atoms with Gasteiger partial charge in [-0.05, 0) is 83.6 Å². The van der Waals surface area contributed by atoms with E-state index < -0.39 is 11.9 Å². The van der Waals surface area contributed by atoms with Crippen LogP contribution in [0.3, 0.4) is 0 Å². The van der Waals surface area contributed by atoms with Crippen molar-refractivity contribution in [2.45, 2.75) is 119 Å². The van der Waals surface area contributed by atoms with E-state index in [0.717, 1.165) is 49.8 Å². The van der Waals surface area contributed by atoms with Crippen LogP contribution in [0.2, 0.25) is 0 Å². The van der Waals surface area contributed by atoms with E-state index in [4.69, 9.17) is 21.3 Å². The highest BCUT2D eigenvalue weighted by molar-refractivity contribution is 8.00. The van der Waals surface area contributed by atoms with Crippen LogP contribution in [0.4, 0.5) is 8.78 Å². The zero-order valence-electron chi connectivity index (χ0n) is 26.0. The molecule has 0 spiro atoms. The first-order chi connectivity index (χ1) is 20.9. The molecule has 0 bridgehead atoms. The van der Waals surface area contributed by atoms with Crippen LogP contribution in [0.5, 0.6) is 0 Å². The number of nitrogens with zero attached hydrogens (tertiary/aromatic N) is 3. The Labute approximate surface area is 268 Å². The topological polar surface area (TPSA) is 96.7 Å². The van der Waals surface area contributed by atoms with Crippen molar-refractivity contribution in [2.75, 3.05) is 26.0 Å². The fourth-order valence-corrected chi connectivity index (χ4v) is 11.0. The number of aliphatic carboxylic acids is 1. The molecule has 0 amide bonds. The maximum Gasteiger partial charge on any atom is 0.308 e. The lowest BCUT2D eigenvalue weighted by atomic mass is 9.70. The van der Waals surface area contributed by atoms with Gasteiger partial charge in [-0.25, -0.2) is 13.8 Å². The van der Waals surface area contributed by atoms with Crippen molar-refractivity contribution in [2.24, 2.45) is 23.7 Å². The molecule has 1 aromatic rings. The van der Waals surface area contributed by atoms with Crippen LogP contribution in [0.25, 0.3) is 0 Å². The number of hydrogen-bond acceptors (Lipinski definition) is 7. The monoisotopic (exact) mass is 656 g/mol. The molecule has 6 rings (SSSR count). The molecule has 2 aliphatic heterocycles. The predicted molar refractivity (Wildman–Crippen MR) is 168 cm³/mol. The van der Waals surface area contributed by atoms with E-state index in [0.29, 0.717) is 43.6 Å². The Morgan fingerprint density at radius 3 is 2.75 bits per heavy atom. The molecule has 1 aromatic heterocycles. The van der Waals surface area contributed by atoms with E-state index in [9.17, 15) is 23.5 Å². The number of halogens is 3. The van der Waals surface area contributed by atoms with E-state index in [1.54, 1.807) is 16.3 Å². The standard InChI is InChI=1S/C32H47ClF2N4O4S/c1-17-10-23(29-28(36-17)25(16-44-29)31(41)42)22-11-20(33)4-7-27(22)43-9-8-39-18(2)37-26-6-5-21(12-24(26)30(39)40)38(3)15-19-13-32(34,35)14-19/h17,19-23,25,27-29,36H,4-16H2,1-3H3,(H,41,42). The van der Waals surface area contributed by atoms with E-state index in [-0.39, 0.29) is 71.0 Å². The second kappa shape index (κ2) is 13.1. The molecule has 12 heteroatoms. The number of carbonyl (C=O) groups is 1. The van der Waals surface area contributed by atoms with Gasteiger partial charge in [0.15, 0.2) is 0 Å². The molecular formula is C32H47ClF2N4O4S. The average Bonchev–Trinajstić information content (AvgIpc) is 3.38. The largest absolute Gasteiger partial charge is 0.481 e. The van der Waals surface area contributed by atoms with Crippen molar-refractivity contribution in [1.29, 1.82) is 0 Å². The summed E-state index contributed by atoms with van der Waals surface area (Å²) in [5.41, 5.74) is 1.61. The van der Waals surface area contributed by atoms with Crippen molar-refractivity contribution in [1.82, 2.24) is 19.8 Å². The number of carboxylic acids is 1. The lowest BCUT2D eigenvalue weighted by molar-refractivity contribution is -0.142. The minimum absolute atomic E-state index is 0.0116. The molecule has 0 aromatic carbocycles. The van der Waals surface area contributed by atoms with E-state index in [2.05, 4.69) is 17.1 Å². The number of aryl methyl sites for hydroxylation is 2. The Kier molecular flexibility index (Phi) is 9.72. The molecule has 5 aliphatic rings. The first-order valence-electron chi connectivity index (χ1n) is 16.4. The summed E-state index contributed by atoms with van der Waals surface area (Å²) in [4.78, 5) is 32.7. The van der Waals surface area contributed by atoms with E-state index in [1.807, 2.05) is 14.0 Å². The van der Waals surface area contributed by atoms with Crippen molar-refractivity contribution < 1.29 is 23.4 Å². The van der Waals surface area contributed by atoms with Gasteiger partial charge in [-0.2, -0.15) is 11.8 Å². The van der Waals surface area contributed by atoms with Gasteiger partial charge in [-0.1, -0.05) is 0 Å². The molecule has 9 unspecified atom stereocenters. The van der Waals surface area contributed by atoms with Crippen molar-refractivity contribution in [3.05, 3.63) is 27.4 Å². The normalized spacial score (nSPS) is 36.9. The van der Waals surface area contributed by atoms with Gasteiger partial charge in [0.25, 0.3) is 5.56 Å². The third-order valence-corrected chi connectivity index (χ3v) is 13.1. The lowest BCUT2D eigenvalue weighted by Crippen LogP contribution is -2.57. The van der Waals surface area contributed by atoms with Crippen LogP contribution < -0.4 is 10.9 Å². The second-order valence-corrected chi connectivity index (χ2v) is 16.1. The van der Waals surface area contributed by atoms with Crippen molar-refractivity contribution in [3.8, 4) is 0 Å². The molecule has 0 radical (unpaired) electrons. The maximum absolute atomic E-state index is 13.7. The van der Waals surface area contributed by atoms with Crippen molar-refractivity contribution in [3.63, 3.8) is 0 Å².